The molecule has 16 heteroatoms. The van der Waals surface area contributed by atoms with Gasteiger partial charge in [0.15, 0.2) is 0 Å². The number of nitrogens with one attached hydrogen (secondary N) is 1. The van der Waals surface area contributed by atoms with Gasteiger partial charge in [0, 0.05) is 38.2 Å². The second-order valence-corrected chi connectivity index (χ2v) is 15.5. The molecule has 0 fully saturated rings. The Morgan fingerprint density at radius 2 is 1.33 bits per heavy atom. The van der Waals surface area contributed by atoms with E-state index in [0.29, 0.717) is 31.7 Å². The topological polar surface area (TPSA) is 210 Å². The first-order valence-electron chi connectivity index (χ1n) is 14.7. The van der Waals surface area contributed by atoms with Gasteiger partial charge < -0.3 is 14.7 Å². The monoisotopic (exact) mass is 686 g/mol. The maximum Gasteiger partial charge on any atom is 0.266 e. The summed E-state index contributed by atoms with van der Waals surface area (Å²) < 4.78 is 91.3. The van der Waals surface area contributed by atoms with Crippen molar-refractivity contribution >= 4 is 30.3 Å². The third kappa shape index (κ3) is 13.7. The zero-order valence-corrected chi connectivity index (χ0v) is 27.5. The highest BCUT2D eigenvalue weighted by atomic mass is 32.2. The summed E-state index contributed by atoms with van der Waals surface area (Å²) in [6.45, 7) is 1.75. The van der Waals surface area contributed by atoms with Crippen LogP contribution in [0.3, 0.4) is 0 Å². The highest BCUT2D eigenvalue weighted by molar-refractivity contribution is 7.89. The minimum absolute atomic E-state index is 0.0272. The van der Waals surface area contributed by atoms with Gasteiger partial charge in [-0.1, -0.05) is 73.3 Å². The first kappa shape index (κ1) is 36.8. The molecule has 5 N–H and O–H groups in total. The number of primary sulfonamides is 1. The Labute approximate surface area is 265 Å². The van der Waals surface area contributed by atoms with Crippen molar-refractivity contribution in [2.24, 2.45) is 5.14 Å². The molecule has 0 aliphatic rings. The Morgan fingerprint density at radius 1 is 0.711 bits per heavy atom. The van der Waals surface area contributed by atoms with Crippen LogP contribution in [0.25, 0.3) is 22.4 Å². The quantitative estimate of drug-likeness (QED) is 0.0940. The summed E-state index contributed by atoms with van der Waals surface area (Å²) in [4.78, 5) is 1.93. The van der Waals surface area contributed by atoms with E-state index in [2.05, 4.69) is 10.5 Å². The van der Waals surface area contributed by atoms with Gasteiger partial charge in [0.1, 0.15) is 11.5 Å². The number of hydrogen-bond donors (Lipinski definition) is 4. The Bertz CT molecular complexity index is 1660. The number of rotatable bonds is 21. The van der Waals surface area contributed by atoms with Gasteiger partial charge in [0.25, 0.3) is 20.2 Å². The largest absolute Gasteiger partial charge is 0.360 e. The first-order chi connectivity index (χ1) is 21.2. The molecule has 0 unspecified atom stereocenters. The van der Waals surface area contributed by atoms with Gasteiger partial charge in [-0.3, -0.25) is 9.11 Å². The molecule has 45 heavy (non-hydrogen) atoms. The molecule has 0 aliphatic heterocycles. The lowest BCUT2D eigenvalue weighted by Gasteiger charge is -2.22. The van der Waals surface area contributed by atoms with Crippen molar-refractivity contribution < 1.29 is 38.9 Å². The van der Waals surface area contributed by atoms with Gasteiger partial charge in [0.2, 0.25) is 10.0 Å². The summed E-state index contributed by atoms with van der Waals surface area (Å²) >= 11 is 0. The molecule has 0 spiro atoms. The van der Waals surface area contributed by atoms with Crippen LogP contribution in [-0.4, -0.2) is 88.6 Å². The highest BCUT2D eigenvalue weighted by Gasteiger charge is 2.20. The predicted molar refractivity (Wildman–Crippen MR) is 172 cm³/mol. The Balaban J connectivity index is 1.48. The second-order valence-electron chi connectivity index (χ2n) is 10.8. The maximum absolute atomic E-state index is 11.7. The normalized spacial score (nSPS) is 12.6. The Kier molecular flexibility index (Phi) is 14.1. The van der Waals surface area contributed by atoms with Crippen molar-refractivity contribution in [3.05, 3.63) is 60.4 Å². The third-order valence-electron chi connectivity index (χ3n) is 7.22. The molecule has 0 saturated heterocycles. The lowest BCUT2D eigenvalue weighted by molar-refractivity contribution is 0.279. The van der Waals surface area contributed by atoms with E-state index in [4.69, 9.17) is 18.8 Å². The number of nitrogens with two attached hydrogens (primary N) is 1. The van der Waals surface area contributed by atoms with Crippen LogP contribution >= 0.6 is 0 Å². The average molecular weight is 687 g/mol. The van der Waals surface area contributed by atoms with E-state index in [9.17, 15) is 25.3 Å². The molecule has 0 saturated carbocycles. The lowest BCUT2D eigenvalue weighted by Crippen LogP contribution is -2.37. The van der Waals surface area contributed by atoms with Crippen molar-refractivity contribution in [2.75, 3.05) is 44.2 Å². The van der Waals surface area contributed by atoms with Crippen LogP contribution in [0.15, 0.2) is 64.0 Å². The average Bonchev–Trinajstić information content (AvgIpc) is 3.39. The summed E-state index contributed by atoms with van der Waals surface area (Å²) in [6, 6.07) is 16.0. The van der Waals surface area contributed by atoms with Gasteiger partial charge in [0.05, 0.1) is 22.0 Å². The number of hydrogen-bond acceptors (Lipinski definition) is 10. The van der Waals surface area contributed by atoms with Gasteiger partial charge in [-0.15, -0.1) is 0 Å². The molecule has 2 aromatic carbocycles. The molecule has 0 radical (unpaired) electrons. The smallest absolute Gasteiger partial charge is 0.266 e. The Hall–Kier alpha value is -2.70. The SMILES string of the molecule is NS(=O)(=O)c1ccc(-c2c(-c3ccccc3)noc2CCCCCCCCN(CCNCCS(=O)(=O)O)CCS(=O)(=O)O)cc1. The van der Waals surface area contributed by atoms with Crippen molar-refractivity contribution in [2.45, 2.75) is 49.8 Å². The van der Waals surface area contributed by atoms with Crippen molar-refractivity contribution in [3.8, 4) is 22.4 Å². The fraction of sp³-hybridized carbons (Fsp3) is 0.483. The van der Waals surface area contributed by atoms with E-state index in [-0.39, 0.29) is 23.7 Å². The number of unbranched alkanes of at least 4 members (excludes halogenated alkanes) is 5. The van der Waals surface area contributed by atoms with Crippen molar-refractivity contribution in [3.63, 3.8) is 0 Å². The summed E-state index contributed by atoms with van der Waals surface area (Å²) in [5.74, 6) is -0.0702. The molecule has 0 bridgehead atoms. The van der Waals surface area contributed by atoms with Crippen LogP contribution in [0.1, 0.15) is 44.3 Å². The van der Waals surface area contributed by atoms with E-state index in [1.807, 2.05) is 35.2 Å². The second kappa shape index (κ2) is 17.3. The molecule has 0 atom stereocenters. The first-order valence-corrected chi connectivity index (χ1v) is 19.5. The molecule has 13 nitrogen and oxygen atoms in total. The molecular weight excluding hydrogens is 645 g/mol. The van der Waals surface area contributed by atoms with E-state index < -0.39 is 36.0 Å². The summed E-state index contributed by atoms with van der Waals surface area (Å²) in [7, 11) is -12.0. The minimum atomic E-state index is -4.10. The zero-order valence-electron chi connectivity index (χ0n) is 25.0. The van der Waals surface area contributed by atoms with Gasteiger partial charge >= 0.3 is 0 Å². The molecule has 0 amide bonds. The Morgan fingerprint density at radius 3 is 1.96 bits per heavy atom. The maximum atomic E-state index is 11.7. The van der Waals surface area contributed by atoms with E-state index in [1.165, 1.54) is 12.1 Å². The number of benzene rings is 2. The zero-order chi connectivity index (χ0) is 32.9. The molecule has 3 rings (SSSR count). The molecule has 1 heterocycles. The van der Waals surface area contributed by atoms with Crippen molar-refractivity contribution in [1.29, 1.82) is 0 Å². The van der Waals surface area contributed by atoms with Crippen LogP contribution in [0.4, 0.5) is 0 Å². The van der Waals surface area contributed by atoms with Crippen LogP contribution in [-0.2, 0) is 36.7 Å². The van der Waals surface area contributed by atoms with Crippen molar-refractivity contribution in [1.82, 2.24) is 15.4 Å². The molecule has 0 aliphatic carbocycles. The standard InChI is InChI=1S/C29H42N4O9S3/c30-45(40,41)26-15-13-24(14-16-26)28-27(42-32-29(28)25-10-6-5-7-11-25)12-8-3-1-2-4-9-19-33(21-23-44(37,38)39)20-17-31-18-22-43(34,35)36/h5-7,10-11,13-16,31H,1-4,8-9,12,17-23H2,(H2,30,40,41)(H,34,35,36)(H,37,38,39). The molecule has 250 valence electrons. The summed E-state index contributed by atoms with van der Waals surface area (Å²) in [5.41, 5.74) is 3.17. The van der Waals surface area contributed by atoms with E-state index in [1.54, 1.807) is 12.1 Å². The number of aromatic nitrogens is 1. The molecule has 1 aromatic heterocycles. The lowest BCUT2D eigenvalue weighted by atomic mass is 9.97. The van der Waals surface area contributed by atoms with Crippen LogP contribution in [0, 0.1) is 0 Å². The molecular formula is C29H42N4O9S3. The third-order valence-corrected chi connectivity index (χ3v) is 9.56. The fourth-order valence-electron chi connectivity index (χ4n) is 4.87. The number of nitrogens with zero attached hydrogens (tertiary/aromatic N) is 2. The summed E-state index contributed by atoms with van der Waals surface area (Å²) in [5, 5.41) is 12.5. The van der Waals surface area contributed by atoms with E-state index in [0.717, 1.165) is 61.0 Å². The van der Waals surface area contributed by atoms with E-state index >= 15 is 0 Å². The molecule has 3 aromatic rings. The fourth-order valence-corrected chi connectivity index (χ4v) is 6.27. The van der Waals surface area contributed by atoms with Gasteiger partial charge in [-0.05, 0) is 37.1 Å². The number of sulfonamides is 1. The predicted octanol–water partition coefficient (Wildman–Crippen LogP) is 3.21. The van der Waals surface area contributed by atoms with Crippen LogP contribution in [0.5, 0.6) is 0 Å². The van der Waals surface area contributed by atoms with Gasteiger partial charge in [-0.25, -0.2) is 13.6 Å². The highest BCUT2D eigenvalue weighted by Crippen LogP contribution is 2.35. The number of aryl methyl sites for hydroxylation is 1. The van der Waals surface area contributed by atoms with Crippen LogP contribution < -0.4 is 10.5 Å². The minimum Gasteiger partial charge on any atom is -0.360 e. The summed E-state index contributed by atoms with van der Waals surface area (Å²) in [6.07, 6.45) is 6.20. The van der Waals surface area contributed by atoms with Gasteiger partial charge in [-0.2, -0.15) is 16.8 Å². The van der Waals surface area contributed by atoms with Crippen LogP contribution in [0.2, 0.25) is 0 Å².